The first-order chi connectivity index (χ1) is 13.1. The van der Waals surface area contributed by atoms with Crippen LogP contribution in [0.3, 0.4) is 0 Å². The number of carbonyl (C=O) groups is 1. The minimum atomic E-state index is -0.257. The fraction of sp³-hybridized carbons (Fsp3) is 0.182. The lowest BCUT2D eigenvalue weighted by Crippen LogP contribution is -2.17. The molecule has 0 aliphatic heterocycles. The molecule has 138 valence electrons. The highest BCUT2D eigenvalue weighted by molar-refractivity contribution is 5.95. The second kappa shape index (κ2) is 8.36. The molecule has 27 heavy (non-hydrogen) atoms. The number of rotatable bonds is 6. The second-order valence-electron chi connectivity index (χ2n) is 6.17. The van der Waals surface area contributed by atoms with E-state index in [9.17, 15) is 4.79 Å². The molecule has 0 fully saturated rings. The van der Waals surface area contributed by atoms with Crippen LogP contribution >= 0.6 is 0 Å². The summed E-state index contributed by atoms with van der Waals surface area (Å²) >= 11 is 0. The SMILES string of the molecule is CCOc1ccccc1/C=N\NC(=O)c1ccc(-n2c(C)ccc2C)cc1. The first-order valence-electron chi connectivity index (χ1n) is 8.90. The maximum absolute atomic E-state index is 12.3. The van der Waals surface area contributed by atoms with Crippen molar-refractivity contribution in [2.24, 2.45) is 5.10 Å². The number of nitrogens with zero attached hydrogens (tertiary/aromatic N) is 2. The van der Waals surface area contributed by atoms with Crippen LogP contribution in [0.4, 0.5) is 0 Å². The molecule has 3 aromatic rings. The van der Waals surface area contributed by atoms with Crippen molar-refractivity contribution >= 4 is 12.1 Å². The van der Waals surface area contributed by atoms with Crippen molar-refractivity contribution in [3.8, 4) is 11.4 Å². The highest BCUT2D eigenvalue weighted by Crippen LogP contribution is 2.17. The molecular formula is C22H23N3O2. The van der Waals surface area contributed by atoms with E-state index in [-0.39, 0.29) is 5.91 Å². The van der Waals surface area contributed by atoms with Gasteiger partial charge in [-0.15, -0.1) is 0 Å². The van der Waals surface area contributed by atoms with E-state index in [1.807, 2.05) is 43.3 Å². The third kappa shape index (κ3) is 4.26. The standard InChI is InChI=1S/C22H23N3O2/c1-4-27-21-8-6-5-7-19(21)15-23-24-22(26)18-11-13-20(14-12-18)25-16(2)9-10-17(25)3/h5-15H,4H2,1-3H3,(H,24,26)/b23-15-. The van der Waals surface area contributed by atoms with Crippen molar-refractivity contribution in [3.05, 3.63) is 83.2 Å². The van der Waals surface area contributed by atoms with Gasteiger partial charge in [0.05, 0.1) is 12.8 Å². The number of benzene rings is 2. The molecule has 2 aromatic carbocycles. The molecular weight excluding hydrogens is 338 g/mol. The summed E-state index contributed by atoms with van der Waals surface area (Å²) < 4.78 is 7.68. The van der Waals surface area contributed by atoms with E-state index < -0.39 is 0 Å². The maximum atomic E-state index is 12.3. The Morgan fingerprint density at radius 2 is 1.70 bits per heavy atom. The van der Waals surface area contributed by atoms with Crippen LogP contribution in [-0.4, -0.2) is 23.3 Å². The molecule has 3 rings (SSSR count). The summed E-state index contributed by atoms with van der Waals surface area (Å²) in [4.78, 5) is 12.3. The van der Waals surface area contributed by atoms with E-state index in [1.165, 1.54) is 0 Å². The molecule has 0 atom stereocenters. The lowest BCUT2D eigenvalue weighted by atomic mass is 10.2. The largest absolute Gasteiger partial charge is 0.493 e. The summed E-state index contributed by atoms with van der Waals surface area (Å²) in [6.07, 6.45) is 1.59. The number of hydrazone groups is 1. The van der Waals surface area contributed by atoms with Crippen LogP contribution in [0.1, 0.15) is 34.2 Å². The van der Waals surface area contributed by atoms with Crippen molar-refractivity contribution in [2.75, 3.05) is 6.61 Å². The molecule has 0 unspecified atom stereocenters. The Morgan fingerprint density at radius 3 is 2.37 bits per heavy atom. The Kier molecular flexibility index (Phi) is 5.71. The lowest BCUT2D eigenvalue weighted by Gasteiger charge is -2.10. The number of carbonyl (C=O) groups excluding carboxylic acids is 1. The van der Waals surface area contributed by atoms with Gasteiger partial charge in [0.25, 0.3) is 5.91 Å². The van der Waals surface area contributed by atoms with Crippen molar-refractivity contribution < 1.29 is 9.53 Å². The first kappa shape index (κ1) is 18.5. The Morgan fingerprint density at radius 1 is 1.04 bits per heavy atom. The number of ether oxygens (including phenoxy) is 1. The van der Waals surface area contributed by atoms with Crippen LogP contribution in [0.25, 0.3) is 5.69 Å². The smallest absolute Gasteiger partial charge is 0.271 e. The highest BCUT2D eigenvalue weighted by Gasteiger charge is 2.07. The van der Waals surface area contributed by atoms with Crippen LogP contribution in [0, 0.1) is 13.8 Å². The van der Waals surface area contributed by atoms with E-state index in [0.29, 0.717) is 12.2 Å². The van der Waals surface area contributed by atoms with Gasteiger partial charge in [-0.05, 0) is 69.3 Å². The Balaban J connectivity index is 1.68. The van der Waals surface area contributed by atoms with Crippen LogP contribution in [0.15, 0.2) is 65.8 Å². The second-order valence-corrected chi connectivity index (χ2v) is 6.17. The predicted molar refractivity (Wildman–Crippen MR) is 108 cm³/mol. The van der Waals surface area contributed by atoms with Gasteiger partial charge in [0.1, 0.15) is 5.75 Å². The molecule has 0 spiro atoms. The van der Waals surface area contributed by atoms with Crippen molar-refractivity contribution in [1.29, 1.82) is 0 Å². The molecule has 0 saturated heterocycles. The van der Waals surface area contributed by atoms with E-state index in [1.54, 1.807) is 18.3 Å². The highest BCUT2D eigenvalue weighted by atomic mass is 16.5. The van der Waals surface area contributed by atoms with Gasteiger partial charge in [0.2, 0.25) is 0 Å². The summed E-state index contributed by atoms with van der Waals surface area (Å²) in [5, 5.41) is 4.05. The molecule has 0 aliphatic rings. The fourth-order valence-electron chi connectivity index (χ4n) is 2.94. The number of hydrogen-bond acceptors (Lipinski definition) is 3. The van der Waals surface area contributed by atoms with Gasteiger partial charge in [0, 0.05) is 28.2 Å². The topological polar surface area (TPSA) is 55.6 Å². The molecule has 5 heteroatoms. The van der Waals surface area contributed by atoms with Crippen LogP contribution < -0.4 is 10.2 Å². The van der Waals surface area contributed by atoms with Gasteiger partial charge in [0.15, 0.2) is 0 Å². The molecule has 0 radical (unpaired) electrons. The number of amides is 1. The number of aryl methyl sites for hydroxylation is 2. The zero-order chi connectivity index (χ0) is 19.2. The Hall–Kier alpha value is -3.34. The fourth-order valence-corrected chi connectivity index (χ4v) is 2.94. The van der Waals surface area contributed by atoms with Gasteiger partial charge < -0.3 is 9.30 Å². The third-order valence-electron chi connectivity index (χ3n) is 4.25. The van der Waals surface area contributed by atoms with E-state index in [4.69, 9.17) is 4.74 Å². The molecule has 1 amide bonds. The van der Waals surface area contributed by atoms with Crippen LogP contribution in [0.2, 0.25) is 0 Å². The summed E-state index contributed by atoms with van der Waals surface area (Å²) in [7, 11) is 0. The summed E-state index contributed by atoms with van der Waals surface area (Å²) in [5.41, 5.74) is 7.27. The molecule has 0 bridgehead atoms. The predicted octanol–water partition coefficient (Wildman–Crippen LogP) is 4.26. The Labute approximate surface area is 159 Å². The minimum absolute atomic E-state index is 0.257. The van der Waals surface area contributed by atoms with E-state index in [2.05, 4.69) is 41.1 Å². The minimum Gasteiger partial charge on any atom is -0.493 e. The normalized spacial score (nSPS) is 10.9. The maximum Gasteiger partial charge on any atom is 0.271 e. The zero-order valence-corrected chi connectivity index (χ0v) is 15.8. The Bertz CT molecular complexity index is 936. The third-order valence-corrected chi connectivity index (χ3v) is 4.25. The molecule has 1 heterocycles. The summed E-state index contributed by atoms with van der Waals surface area (Å²) in [6, 6.07) is 19.2. The molecule has 0 aliphatic carbocycles. The molecule has 5 nitrogen and oxygen atoms in total. The number of nitrogens with one attached hydrogen (secondary N) is 1. The van der Waals surface area contributed by atoms with Gasteiger partial charge in [-0.1, -0.05) is 12.1 Å². The molecule has 0 saturated carbocycles. The number of aromatic nitrogens is 1. The van der Waals surface area contributed by atoms with E-state index >= 15 is 0 Å². The first-order valence-corrected chi connectivity index (χ1v) is 8.90. The van der Waals surface area contributed by atoms with Crippen molar-refractivity contribution in [2.45, 2.75) is 20.8 Å². The number of hydrogen-bond donors (Lipinski definition) is 1. The zero-order valence-electron chi connectivity index (χ0n) is 15.8. The van der Waals surface area contributed by atoms with Gasteiger partial charge in [-0.3, -0.25) is 4.79 Å². The molecule has 1 aromatic heterocycles. The molecule has 1 N–H and O–H groups in total. The van der Waals surface area contributed by atoms with Gasteiger partial charge in [-0.2, -0.15) is 5.10 Å². The average molecular weight is 361 g/mol. The van der Waals surface area contributed by atoms with Crippen molar-refractivity contribution in [1.82, 2.24) is 9.99 Å². The monoisotopic (exact) mass is 361 g/mol. The van der Waals surface area contributed by atoms with E-state index in [0.717, 1.165) is 28.4 Å². The van der Waals surface area contributed by atoms with Crippen LogP contribution in [0.5, 0.6) is 5.75 Å². The number of para-hydroxylation sites is 1. The van der Waals surface area contributed by atoms with Crippen molar-refractivity contribution in [3.63, 3.8) is 0 Å². The average Bonchev–Trinajstić information content (AvgIpc) is 3.02. The van der Waals surface area contributed by atoms with Gasteiger partial charge in [-0.25, -0.2) is 5.43 Å². The summed E-state index contributed by atoms with van der Waals surface area (Å²) in [5.74, 6) is 0.479. The van der Waals surface area contributed by atoms with Crippen LogP contribution in [-0.2, 0) is 0 Å². The lowest BCUT2D eigenvalue weighted by molar-refractivity contribution is 0.0955. The summed E-state index contributed by atoms with van der Waals surface area (Å²) in [6.45, 7) is 6.62. The quantitative estimate of drug-likeness (QED) is 0.527. The van der Waals surface area contributed by atoms with Gasteiger partial charge >= 0.3 is 0 Å².